The van der Waals surface area contributed by atoms with Gasteiger partial charge in [-0.3, -0.25) is 4.79 Å². The number of amides is 1. The molecule has 0 aliphatic carbocycles. The molecule has 0 aliphatic rings. The van der Waals surface area contributed by atoms with E-state index in [1.807, 2.05) is 30.3 Å². The van der Waals surface area contributed by atoms with Gasteiger partial charge in [0.1, 0.15) is 5.75 Å². The number of para-hydroxylation sites is 2. The van der Waals surface area contributed by atoms with Crippen LogP contribution in [0.1, 0.15) is 11.3 Å². The number of nitrogens with zero attached hydrogens (tertiary/aromatic N) is 1. The van der Waals surface area contributed by atoms with E-state index in [0.717, 1.165) is 23.0 Å². The van der Waals surface area contributed by atoms with Gasteiger partial charge in [0.25, 0.3) is 5.91 Å². The third-order valence-electron chi connectivity index (χ3n) is 4.03. The van der Waals surface area contributed by atoms with Gasteiger partial charge in [-0.15, -0.1) is 13.2 Å². The predicted molar refractivity (Wildman–Crippen MR) is 107 cm³/mol. The van der Waals surface area contributed by atoms with Gasteiger partial charge in [-0.1, -0.05) is 42.5 Å². The number of carbonyl (C=O) groups excluding carboxylic acids is 2. The second-order valence-corrected chi connectivity index (χ2v) is 6.30. The highest BCUT2D eigenvalue weighted by molar-refractivity contribution is 5.89. The molecule has 0 unspecified atom stereocenters. The van der Waals surface area contributed by atoms with Crippen molar-refractivity contribution in [3.8, 4) is 5.75 Å². The molecule has 0 bridgehead atoms. The van der Waals surface area contributed by atoms with Crippen molar-refractivity contribution < 1.29 is 32.2 Å². The number of hydrogen-bond acceptors (Lipinski definition) is 5. The highest BCUT2D eigenvalue weighted by atomic mass is 19.4. The van der Waals surface area contributed by atoms with E-state index in [4.69, 9.17) is 4.74 Å². The summed E-state index contributed by atoms with van der Waals surface area (Å²) in [6.07, 6.45) is -2.25. The van der Waals surface area contributed by atoms with Crippen molar-refractivity contribution in [2.45, 2.75) is 12.9 Å². The third kappa shape index (κ3) is 6.84. The summed E-state index contributed by atoms with van der Waals surface area (Å²) in [5.74, 6) is -1.85. The highest BCUT2D eigenvalue weighted by Crippen LogP contribution is 2.26. The maximum atomic E-state index is 12.4. The number of esters is 1. The quantitative estimate of drug-likeness (QED) is 0.453. The third-order valence-corrected chi connectivity index (χ3v) is 4.03. The molecule has 0 spiro atoms. The largest absolute Gasteiger partial charge is 0.573 e. The normalized spacial score (nSPS) is 11.5. The number of hydrogen-bond donors (Lipinski definition) is 1. The SMILES string of the molecule is O=C(COC(=O)/C=C/c1ccc2ccccc2n1)NCc1ccccc1OC(F)(F)F. The van der Waals surface area contributed by atoms with Crippen LogP contribution in [-0.4, -0.2) is 29.8 Å². The van der Waals surface area contributed by atoms with Gasteiger partial charge in [-0.25, -0.2) is 9.78 Å². The van der Waals surface area contributed by atoms with Gasteiger partial charge in [0, 0.05) is 23.6 Å². The lowest BCUT2D eigenvalue weighted by atomic mass is 10.2. The molecule has 0 aliphatic heterocycles. The first-order valence-electron chi connectivity index (χ1n) is 9.11. The Morgan fingerprint density at radius 3 is 2.55 bits per heavy atom. The van der Waals surface area contributed by atoms with Crippen molar-refractivity contribution in [2.75, 3.05) is 6.61 Å². The standard InChI is InChI=1S/C22H17F3N2O4/c23-22(24,25)31-19-8-4-2-6-16(19)13-26-20(28)14-30-21(29)12-11-17-10-9-15-5-1-3-7-18(15)27-17/h1-12H,13-14H2,(H,26,28)/b12-11+. The van der Waals surface area contributed by atoms with Crippen molar-refractivity contribution in [3.63, 3.8) is 0 Å². The molecule has 2 aromatic carbocycles. The summed E-state index contributed by atoms with van der Waals surface area (Å²) in [6.45, 7) is -0.809. The minimum atomic E-state index is -4.85. The molecule has 0 saturated carbocycles. The topological polar surface area (TPSA) is 77.5 Å². The van der Waals surface area contributed by atoms with Crippen LogP contribution in [0.2, 0.25) is 0 Å². The van der Waals surface area contributed by atoms with E-state index < -0.39 is 30.6 Å². The first-order chi connectivity index (χ1) is 14.8. The summed E-state index contributed by atoms with van der Waals surface area (Å²) >= 11 is 0. The lowest BCUT2D eigenvalue weighted by Gasteiger charge is -2.13. The number of nitrogens with one attached hydrogen (secondary N) is 1. The smallest absolute Gasteiger partial charge is 0.452 e. The summed E-state index contributed by atoms with van der Waals surface area (Å²) in [6, 6.07) is 16.5. The summed E-state index contributed by atoms with van der Waals surface area (Å²) < 4.78 is 46.0. The second kappa shape index (κ2) is 9.75. The van der Waals surface area contributed by atoms with Crippen LogP contribution in [0.4, 0.5) is 13.2 Å². The first kappa shape index (κ1) is 21.8. The molecule has 1 heterocycles. The van der Waals surface area contributed by atoms with Gasteiger partial charge in [-0.05, 0) is 24.3 Å². The van der Waals surface area contributed by atoms with Gasteiger partial charge in [0.05, 0.1) is 11.2 Å². The molecule has 1 N–H and O–H groups in total. The number of fused-ring (bicyclic) bond motifs is 1. The highest BCUT2D eigenvalue weighted by Gasteiger charge is 2.31. The minimum Gasteiger partial charge on any atom is -0.452 e. The monoisotopic (exact) mass is 430 g/mol. The predicted octanol–water partition coefficient (Wildman–Crippen LogP) is 4.01. The van der Waals surface area contributed by atoms with Crippen LogP contribution in [0.5, 0.6) is 5.75 Å². The number of alkyl halides is 3. The van der Waals surface area contributed by atoms with E-state index in [1.54, 1.807) is 6.07 Å². The Kier molecular flexibility index (Phi) is 6.86. The molecule has 3 aromatic rings. The zero-order valence-electron chi connectivity index (χ0n) is 16.1. The van der Waals surface area contributed by atoms with Crippen LogP contribution in [0.15, 0.2) is 66.7 Å². The van der Waals surface area contributed by atoms with Crippen molar-refractivity contribution in [3.05, 3.63) is 78.0 Å². The van der Waals surface area contributed by atoms with Crippen molar-refractivity contribution in [2.24, 2.45) is 0 Å². The van der Waals surface area contributed by atoms with Crippen LogP contribution in [0.25, 0.3) is 17.0 Å². The number of benzene rings is 2. The molecule has 6 nitrogen and oxygen atoms in total. The molecule has 1 aromatic heterocycles. The van der Waals surface area contributed by atoms with Crippen LogP contribution >= 0.6 is 0 Å². The Morgan fingerprint density at radius 2 is 1.74 bits per heavy atom. The lowest BCUT2D eigenvalue weighted by Crippen LogP contribution is -2.28. The second-order valence-electron chi connectivity index (χ2n) is 6.30. The van der Waals surface area contributed by atoms with E-state index in [2.05, 4.69) is 15.0 Å². The van der Waals surface area contributed by atoms with E-state index in [-0.39, 0.29) is 12.1 Å². The average molecular weight is 430 g/mol. The van der Waals surface area contributed by atoms with Crippen molar-refractivity contribution >= 4 is 28.9 Å². The Labute approximate surface area is 175 Å². The Balaban J connectivity index is 1.48. The summed E-state index contributed by atoms with van der Waals surface area (Å²) in [4.78, 5) is 28.0. The zero-order chi connectivity index (χ0) is 22.3. The molecule has 0 fully saturated rings. The number of carbonyl (C=O) groups is 2. The van der Waals surface area contributed by atoms with Gasteiger partial charge < -0.3 is 14.8 Å². The van der Waals surface area contributed by atoms with Gasteiger partial charge >= 0.3 is 12.3 Å². The Morgan fingerprint density at radius 1 is 1.00 bits per heavy atom. The van der Waals surface area contributed by atoms with E-state index in [1.165, 1.54) is 24.3 Å². The van der Waals surface area contributed by atoms with Crippen LogP contribution < -0.4 is 10.1 Å². The number of pyridine rings is 1. The van der Waals surface area contributed by atoms with E-state index in [9.17, 15) is 22.8 Å². The molecule has 9 heteroatoms. The molecule has 0 atom stereocenters. The van der Waals surface area contributed by atoms with Crippen LogP contribution in [0.3, 0.4) is 0 Å². The Hall–Kier alpha value is -3.88. The van der Waals surface area contributed by atoms with Gasteiger partial charge in [0.15, 0.2) is 6.61 Å². The molecule has 160 valence electrons. The molecule has 31 heavy (non-hydrogen) atoms. The summed E-state index contributed by atoms with van der Waals surface area (Å²) in [5, 5.41) is 3.33. The molecule has 0 radical (unpaired) electrons. The lowest BCUT2D eigenvalue weighted by molar-refractivity contribution is -0.274. The molecule has 3 rings (SSSR count). The molecule has 1 amide bonds. The summed E-state index contributed by atoms with van der Waals surface area (Å²) in [5.41, 5.74) is 1.44. The minimum absolute atomic E-state index is 0.127. The fourth-order valence-corrected chi connectivity index (χ4v) is 2.63. The van der Waals surface area contributed by atoms with E-state index >= 15 is 0 Å². The maximum absolute atomic E-state index is 12.4. The zero-order valence-corrected chi connectivity index (χ0v) is 16.1. The van der Waals surface area contributed by atoms with Gasteiger partial charge in [0.2, 0.25) is 0 Å². The van der Waals surface area contributed by atoms with E-state index in [0.29, 0.717) is 5.69 Å². The van der Waals surface area contributed by atoms with Gasteiger partial charge in [-0.2, -0.15) is 0 Å². The average Bonchev–Trinajstić information content (AvgIpc) is 2.74. The Bertz CT molecular complexity index is 1110. The fraction of sp³-hybridized carbons (Fsp3) is 0.136. The molecular weight excluding hydrogens is 413 g/mol. The number of halogens is 3. The fourth-order valence-electron chi connectivity index (χ4n) is 2.63. The molecular formula is C22H17F3N2O4. The number of aromatic nitrogens is 1. The van der Waals surface area contributed by atoms with Crippen molar-refractivity contribution in [1.82, 2.24) is 10.3 Å². The first-order valence-corrected chi connectivity index (χ1v) is 9.11. The maximum Gasteiger partial charge on any atom is 0.573 e. The van der Waals surface area contributed by atoms with Crippen LogP contribution in [0, 0.1) is 0 Å². The van der Waals surface area contributed by atoms with Crippen LogP contribution in [-0.2, 0) is 20.9 Å². The van der Waals surface area contributed by atoms with Crippen molar-refractivity contribution in [1.29, 1.82) is 0 Å². The number of ether oxygens (including phenoxy) is 2. The number of rotatable bonds is 7. The summed E-state index contributed by atoms with van der Waals surface area (Å²) in [7, 11) is 0. The molecule has 0 saturated heterocycles.